The molecule has 1 unspecified atom stereocenters. The van der Waals surface area contributed by atoms with Gasteiger partial charge in [-0.2, -0.15) is 0 Å². The van der Waals surface area contributed by atoms with Crippen molar-refractivity contribution >= 4 is 5.91 Å². The van der Waals surface area contributed by atoms with Crippen LogP contribution in [0, 0.1) is 0 Å². The number of nitrogens with two attached hydrogens (primary N) is 1. The fraction of sp³-hybridized carbons (Fsp3) is 0.600. The summed E-state index contributed by atoms with van der Waals surface area (Å²) in [5, 5.41) is 6.34. The van der Waals surface area contributed by atoms with Gasteiger partial charge in [-0.25, -0.2) is 4.98 Å². The maximum absolute atomic E-state index is 11.4. The molecule has 0 saturated heterocycles. The molecule has 0 fully saturated rings. The van der Waals surface area contributed by atoms with E-state index in [2.05, 4.69) is 20.3 Å². The van der Waals surface area contributed by atoms with Crippen molar-refractivity contribution in [2.75, 3.05) is 13.1 Å². The maximum Gasteiger partial charge on any atom is 0.240 e. The minimum absolute atomic E-state index is 0.266. The monoisotopic (exact) mass is 251 g/mol. The van der Waals surface area contributed by atoms with Crippen LogP contribution in [0.4, 0.5) is 0 Å². The average molecular weight is 251 g/mol. The molecule has 18 heavy (non-hydrogen) atoms. The van der Waals surface area contributed by atoms with Crippen molar-refractivity contribution in [2.45, 2.75) is 25.9 Å². The summed E-state index contributed by atoms with van der Waals surface area (Å²) in [5.74, 6) is -0.478. The van der Waals surface area contributed by atoms with Gasteiger partial charge in [0.2, 0.25) is 5.91 Å². The summed E-state index contributed by atoms with van der Waals surface area (Å²) in [4.78, 5) is 18.1. The first-order valence-electron chi connectivity index (χ1n) is 5.74. The van der Waals surface area contributed by atoms with Crippen molar-refractivity contribution in [1.29, 1.82) is 0 Å². The van der Waals surface area contributed by atoms with Gasteiger partial charge in [-0.1, -0.05) is 12.0 Å². The molecule has 3 N–H and O–H groups in total. The molecule has 0 radical (unpaired) electrons. The first-order valence-corrected chi connectivity index (χ1v) is 5.74. The largest absolute Gasteiger partial charge is 0.368 e. The van der Waals surface area contributed by atoms with Gasteiger partial charge in [0.25, 0.3) is 0 Å². The van der Waals surface area contributed by atoms with Crippen LogP contribution in [0.2, 0.25) is 0 Å². The number of aromatic nitrogens is 2. The van der Waals surface area contributed by atoms with E-state index in [1.165, 1.54) is 0 Å². The van der Waals surface area contributed by atoms with E-state index in [0.717, 1.165) is 18.7 Å². The van der Waals surface area contributed by atoms with Gasteiger partial charge in [0, 0.05) is 24.5 Å². The minimum atomic E-state index is -0.618. The van der Waals surface area contributed by atoms with E-state index in [1.54, 1.807) is 12.5 Å². The Morgan fingerprint density at radius 3 is 3.17 bits per heavy atom. The summed E-state index contributed by atoms with van der Waals surface area (Å²) >= 11 is 0. The van der Waals surface area contributed by atoms with E-state index >= 15 is 0 Å². The lowest BCUT2D eigenvalue weighted by Crippen LogP contribution is -2.36. The third-order valence-corrected chi connectivity index (χ3v) is 2.41. The Morgan fingerprint density at radius 1 is 1.78 bits per heavy atom. The summed E-state index contributed by atoms with van der Waals surface area (Å²) in [6.45, 7) is 3.46. The Hall–Kier alpha value is -2.05. The van der Waals surface area contributed by atoms with Crippen LogP contribution in [-0.4, -0.2) is 28.5 Å². The van der Waals surface area contributed by atoms with Crippen LogP contribution >= 0.6 is 0 Å². The van der Waals surface area contributed by atoms with Crippen molar-refractivity contribution in [3.05, 3.63) is 28.7 Å². The van der Waals surface area contributed by atoms with Gasteiger partial charge >= 0.3 is 0 Å². The van der Waals surface area contributed by atoms with E-state index in [9.17, 15) is 4.79 Å². The lowest BCUT2D eigenvalue weighted by Gasteiger charge is -2.16. The van der Waals surface area contributed by atoms with Crippen LogP contribution in [0.25, 0.3) is 10.4 Å². The zero-order valence-electron chi connectivity index (χ0n) is 10.3. The third-order valence-electron chi connectivity index (χ3n) is 2.41. The molecular weight excluding hydrogens is 234 g/mol. The second-order valence-electron chi connectivity index (χ2n) is 3.76. The van der Waals surface area contributed by atoms with Crippen LogP contribution in [0.15, 0.2) is 17.6 Å². The number of rotatable bonds is 8. The van der Waals surface area contributed by atoms with Crippen LogP contribution in [0.5, 0.6) is 0 Å². The second kappa shape index (κ2) is 7.31. The van der Waals surface area contributed by atoms with Gasteiger partial charge in [0.15, 0.2) is 0 Å². The molecular formula is C10H17N7O. The number of hydrogen-bond donors (Lipinski definition) is 2. The lowest BCUT2D eigenvalue weighted by atomic mass is 10.2. The van der Waals surface area contributed by atoms with Gasteiger partial charge < -0.3 is 15.6 Å². The number of carbonyl (C=O) groups excluding carboxylic acids is 1. The van der Waals surface area contributed by atoms with E-state index in [0.29, 0.717) is 6.54 Å². The van der Waals surface area contributed by atoms with Crippen LogP contribution in [-0.2, 0) is 11.3 Å². The van der Waals surface area contributed by atoms with Crippen molar-refractivity contribution < 1.29 is 4.79 Å². The highest BCUT2D eigenvalue weighted by molar-refractivity contribution is 5.80. The number of primary amides is 1. The minimum Gasteiger partial charge on any atom is -0.368 e. The Bertz CT molecular complexity index is 435. The lowest BCUT2D eigenvalue weighted by molar-refractivity contribution is -0.120. The molecule has 0 aromatic carbocycles. The fourth-order valence-electron chi connectivity index (χ4n) is 1.65. The number of imidazole rings is 1. The Kier molecular flexibility index (Phi) is 5.69. The van der Waals surface area contributed by atoms with Gasteiger partial charge in [-0.05, 0) is 12.0 Å². The number of azide groups is 1. The highest BCUT2D eigenvalue weighted by atomic mass is 16.1. The average Bonchev–Trinajstić information content (AvgIpc) is 2.77. The first-order chi connectivity index (χ1) is 8.70. The summed E-state index contributed by atoms with van der Waals surface area (Å²) in [6.07, 6.45) is 4.23. The summed E-state index contributed by atoms with van der Waals surface area (Å²) in [5.41, 5.74) is 14.3. The number of nitrogens with zero attached hydrogens (tertiary/aromatic N) is 5. The highest BCUT2D eigenvalue weighted by Crippen LogP contribution is 2.12. The molecule has 0 spiro atoms. The topological polar surface area (TPSA) is 122 Å². The van der Waals surface area contributed by atoms with Gasteiger partial charge in [0.05, 0.1) is 18.2 Å². The molecule has 1 rings (SSSR count). The third kappa shape index (κ3) is 3.76. The zero-order chi connectivity index (χ0) is 13.4. The van der Waals surface area contributed by atoms with Crippen LogP contribution in [0.1, 0.15) is 25.1 Å². The molecule has 1 atom stereocenters. The molecule has 0 aliphatic rings. The molecule has 98 valence electrons. The predicted molar refractivity (Wildman–Crippen MR) is 66.5 cm³/mol. The number of nitrogens with one attached hydrogen (secondary N) is 1. The Morgan fingerprint density at radius 2 is 2.56 bits per heavy atom. The molecule has 0 aliphatic carbocycles. The van der Waals surface area contributed by atoms with Crippen molar-refractivity contribution in [3.63, 3.8) is 0 Å². The van der Waals surface area contributed by atoms with E-state index < -0.39 is 11.9 Å². The predicted octanol–water partition coefficient (Wildman–Crippen LogP) is 0.719. The Balaban J connectivity index is 2.74. The fourth-order valence-corrected chi connectivity index (χ4v) is 1.65. The summed E-state index contributed by atoms with van der Waals surface area (Å²) in [6, 6.07) is -0.618. The zero-order valence-corrected chi connectivity index (χ0v) is 10.3. The maximum atomic E-state index is 11.4. The standard InChI is InChI=1S/C10H17N7O/c1-2-5-17-7-13-6-8(17)9(10(11)18)14-3-4-15-16-12/h6-7,9,14H,2-5H2,1H3,(H2,11,18). The van der Waals surface area contributed by atoms with Crippen molar-refractivity contribution in [1.82, 2.24) is 14.9 Å². The normalized spacial score (nSPS) is 11.8. The molecule has 1 heterocycles. The van der Waals surface area contributed by atoms with E-state index in [4.69, 9.17) is 11.3 Å². The molecule has 0 aliphatic heterocycles. The van der Waals surface area contributed by atoms with Crippen LogP contribution in [0.3, 0.4) is 0 Å². The van der Waals surface area contributed by atoms with E-state index in [-0.39, 0.29) is 6.54 Å². The molecule has 0 saturated carbocycles. The molecule has 8 heteroatoms. The molecule has 1 amide bonds. The Labute approximate surface area is 105 Å². The van der Waals surface area contributed by atoms with Crippen molar-refractivity contribution in [2.24, 2.45) is 10.8 Å². The number of amides is 1. The van der Waals surface area contributed by atoms with Crippen LogP contribution < -0.4 is 11.1 Å². The summed E-state index contributed by atoms with van der Waals surface area (Å²) in [7, 11) is 0. The smallest absolute Gasteiger partial charge is 0.240 e. The van der Waals surface area contributed by atoms with Gasteiger partial charge in [-0.3, -0.25) is 4.79 Å². The van der Waals surface area contributed by atoms with Crippen molar-refractivity contribution in [3.8, 4) is 0 Å². The van der Waals surface area contributed by atoms with Gasteiger partial charge in [0.1, 0.15) is 6.04 Å². The second-order valence-corrected chi connectivity index (χ2v) is 3.76. The number of aryl methyl sites for hydroxylation is 1. The first kappa shape index (κ1) is 14.0. The van der Waals surface area contributed by atoms with E-state index in [1.807, 2.05) is 11.5 Å². The highest BCUT2D eigenvalue weighted by Gasteiger charge is 2.20. The number of hydrogen-bond acceptors (Lipinski definition) is 4. The molecule has 8 nitrogen and oxygen atoms in total. The summed E-state index contributed by atoms with van der Waals surface area (Å²) < 4.78 is 1.88. The SMILES string of the molecule is CCCn1cncc1C(NCCN=[N+]=[N-])C(N)=O. The molecule has 1 aromatic rings. The molecule has 1 aromatic heterocycles. The number of carbonyl (C=O) groups is 1. The van der Waals surface area contributed by atoms with Gasteiger partial charge in [-0.15, -0.1) is 0 Å². The quantitative estimate of drug-likeness (QED) is 0.306. The molecule has 0 bridgehead atoms.